The van der Waals surface area contributed by atoms with Crippen molar-refractivity contribution < 1.29 is 134 Å². The molecule has 0 aromatic heterocycles. The number of rotatable bonds is 24. The average Bonchev–Trinajstić information content (AvgIpc) is 3.10. The van der Waals surface area contributed by atoms with Crippen molar-refractivity contribution in [2.75, 3.05) is 61.2 Å². The zero-order valence-corrected chi connectivity index (χ0v) is 43.0. The van der Waals surface area contributed by atoms with Crippen LogP contribution in [0.2, 0.25) is 0 Å². The Morgan fingerprint density at radius 3 is 0.982 bits per heavy atom. The zero-order valence-electron chi connectivity index (χ0n) is 34.0. The first-order valence-corrected chi connectivity index (χ1v) is 22.2. The van der Waals surface area contributed by atoms with E-state index >= 15 is 0 Å². The number of carbonyl (C=O) groups excluding carboxylic acids is 6. The summed E-state index contributed by atoms with van der Waals surface area (Å²) < 4.78 is 9.20. The summed E-state index contributed by atoms with van der Waals surface area (Å²) in [5.41, 5.74) is 11.5. The van der Waals surface area contributed by atoms with Crippen molar-refractivity contribution in [2.45, 2.75) is 103 Å². The molecule has 0 saturated carbocycles. The van der Waals surface area contributed by atoms with Crippen LogP contribution in [-0.2, 0) is 113 Å². The van der Waals surface area contributed by atoms with Crippen molar-refractivity contribution in [3.05, 3.63) is 0 Å². The Balaban J connectivity index is -0.0000000822. The van der Waals surface area contributed by atoms with Gasteiger partial charge in [0.05, 0.1) is 38.3 Å². The Morgan fingerprint density at radius 2 is 0.821 bits per heavy atom. The fourth-order valence-electron chi connectivity index (χ4n) is 2.53. The zero-order chi connectivity index (χ0) is 43.3. The Bertz CT molecular complexity index is 884. The molecule has 0 saturated heterocycles. The predicted molar refractivity (Wildman–Crippen MR) is 220 cm³/mol. The van der Waals surface area contributed by atoms with Gasteiger partial charge in [-0.15, -0.1) is 12.8 Å². The molecule has 8 N–H and O–H groups in total. The van der Waals surface area contributed by atoms with Crippen molar-refractivity contribution in [3.8, 4) is 0 Å². The van der Waals surface area contributed by atoms with Crippen LogP contribution in [0.1, 0.15) is 79.1 Å². The molecule has 22 heteroatoms. The van der Waals surface area contributed by atoms with Crippen LogP contribution < -0.4 is 11.5 Å². The maximum Gasteiger partial charge on any atom is 0.306 e. The third-order valence-electron chi connectivity index (χ3n) is 5.24. The molecule has 4 atom stereocenters. The van der Waals surface area contributed by atoms with Crippen LogP contribution in [0.15, 0.2) is 0 Å². The molecule has 0 bridgehead atoms. The molecule has 0 fully saturated rings. The standard InChI is InChI=1S/2C7H12O3.C6H16N2S2.C6H14O2S2.2C4H5O3.2Y/c2*1-3-10-7(9)5-4-6(2)8;2*1-9-3-5(7)6(8)4-10-2;2*5-3-1-2-4(6)7;;/h2*3-5H2,1-2H3;5-6H,3-4,7-8H2,1-2H3;5-8H,3-4H2,1-2H3;2*1-2H2,(H,6,7);;/q;;;;2*-1;;. The molecule has 0 rings (SSSR count). The second-order valence-electron chi connectivity index (χ2n) is 10.4. The predicted octanol–water partition coefficient (Wildman–Crippen LogP) is 2.56. The number of hydrogen-bond donors (Lipinski definition) is 6. The van der Waals surface area contributed by atoms with Crippen LogP contribution in [0.4, 0.5) is 0 Å². The number of aliphatic carboxylic acids is 2. The summed E-state index contributed by atoms with van der Waals surface area (Å²) in [5.74, 6) is 0.690. The number of aliphatic hydroxyl groups is 2. The number of carbonyl (C=O) groups is 6. The van der Waals surface area contributed by atoms with Gasteiger partial charge in [-0.25, -0.2) is 0 Å². The number of hydrogen-bond acceptors (Lipinski definition) is 18. The van der Waals surface area contributed by atoms with Crippen LogP contribution in [0.25, 0.3) is 0 Å². The van der Waals surface area contributed by atoms with E-state index in [1.54, 1.807) is 60.9 Å². The van der Waals surface area contributed by atoms with Crippen LogP contribution in [0, 0.1) is 0 Å². The Kier molecular flexibility index (Phi) is 77.9. The maximum absolute atomic E-state index is 10.6. The van der Waals surface area contributed by atoms with Gasteiger partial charge in [-0.3, -0.25) is 31.8 Å². The molecule has 0 aliphatic rings. The summed E-state index contributed by atoms with van der Waals surface area (Å²) in [6.45, 7) is 7.17. The first-order chi connectivity index (χ1) is 25.3. The SMILES string of the molecule is CCOC(=O)CCC(C)=O.CCOC(=O)CCC(C)=O.CSCC(N)C(N)CSC.CSCC(O)C(O)CSC.O=[C-]CCC(=O)O.O=[C-]CCC(=O)O.[Y].[Y]. The normalized spacial score (nSPS) is 11.2. The smallest absolute Gasteiger partial charge is 0.306 e. The van der Waals surface area contributed by atoms with Gasteiger partial charge in [0.2, 0.25) is 0 Å². The van der Waals surface area contributed by atoms with Gasteiger partial charge in [0, 0.05) is 126 Å². The van der Waals surface area contributed by atoms with E-state index in [1.165, 1.54) is 26.4 Å². The number of ketones is 2. The number of carboxylic acid groups (broad SMARTS) is 2. The van der Waals surface area contributed by atoms with Crippen molar-refractivity contribution in [1.82, 2.24) is 0 Å². The van der Waals surface area contributed by atoms with E-state index in [-0.39, 0.29) is 140 Å². The molecule has 0 heterocycles. The number of Topliss-reactive ketones (excluding diaryl/α,β-unsaturated/α-hetero) is 2. The quantitative estimate of drug-likeness (QED) is 0.0598. The van der Waals surface area contributed by atoms with Gasteiger partial charge in [0.25, 0.3) is 0 Å². The molecule has 0 aliphatic carbocycles. The molecule has 4 unspecified atom stereocenters. The number of aliphatic hydroxyl groups excluding tert-OH is 2. The minimum atomic E-state index is -0.955. The summed E-state index contributed by atoms with van der Waals surface area (Å²) in [4.78, 5) is 79.6. The molecule has 16 nitrogen and oxygen atoms in total. The van der Waals surface area contributed by atoms with Gasteiger partial charge in [-0.05, 0) is 52.7 Å². The van der Waals surface area contributed by atoms with Crippen molar-refractivity contribution in [1.29, 1.82) is 0 Å². The van der Waals surface area contributed by atoms with E-state index in [0.29, 0.717) is 37.6 Å². The van der Waals surface area contributed by atoms with Gasteiger partial charge < -0.3 is 60.5 Å². The van der Waals surface area contributed by atoms with Crippen molar-refractivity contribution in [3.63, 3.8) is 0 Å². The summed E-state index contributed by atoms with van der Waals surface area (Å²) in [6.07, 6.45) is 10.5. The van der Waals surface area contributed by atoms with Crippen LogP contribution in [-0.4, -0.2) is 154 Å². The molecule has 0 spiro atoms. The summed E-state index contributed by atoms with van der Waals surface area (Å²) in [6, 6.07) is 0.310. The second kappa shape index (κ2) is 59.3. The van der Waals surface area contributed by atoms with E-state index < -0.39 is 24.1 Å². The Morgan fingerprint density at radius 1 is 0.554 bits per heavy atom. The molecule has 0 amide bonds. The number of esters is 2. The van der Waals surface area contributed by atoms with E-state index in [9.17, 15) is 38.4 Å². The largest absolute Gasteiger partial charge is 0.542 e. The molecule has 56 heavy (non-hydrogen) atoms. The topological polar surface area (TPSA) is 288 Å². The van der Waals surface area contributed by atoms with Gasteiger partial charge in [-0.2, -0.15) is 47.0 Å². The third kappa shape index (κ3) is 78.4. The molecule has 0 aromatic carbocycles. The molecule has 326 valence electrons. The van der Waals surface area contributed by atoms with E-state index in [2.05, 4.69) is 9.47 Å². The van der Waals surface area contributed by atoms with E-state index in [1.807, 2.05) is 25.0 Å². The van der Waals surface area contributed by atoms with Gasteiger partial charge in [-0.1, -0.05) is 0 Å². The molecule has 0 aliphatic heterocycles. The van der Waals surface area contributed by atoms with Crippen molar-refractivity contribution in [2.24, 2.45) is 11.5 Å². The average molecular weight is 1030 g/mol. The van der Waals surface area contributed by atoms with Gasteiger partial charge >= 0.3 is 23.9 Å². The maximum atomic E-state index is 10.6. The number of thioether (sulfide) groups is 4. The minimum Gasteiger partial charge on any atom is -0.542 e. The molecular formula is C34H64N2O14S4Y2-2. The van der Waals surface area contributed by atoms with Crippen LogP contribution in [0.5, 0.6) is 0 Å². The third-order valence-corrected chi connectivity index (χ3v) is 8.03. The van der Waals surface area contributed by atoms with Crippen molar-refractivity contribution >= 4 is 95.1 Å². The van der Waals surface area contributed by atoms with E-state index in [0.717, 1.165) is 11.5 Å². The summed E-state index contributed by atoms with van der Waals surface area (Å²) in [7, 11) is 0. The fraction of sp³-hybridized carbons (Fsp3) is 0.765. The monoisotopic (exact) mass is 1030 g/mol. The first-order valence-electron chi connectivity index (χ1n) is 16.6. The number of nitrogens with two attached hydrogens (primary N) is 2. The summed E-state index contributed by atoms with van der Waals surface area (Å²) in [5, 5.41) is 34.1. The van der Waals surface area contributed by atoms with E-state index in [4.69, 9.17) is 31.9 Å². The fourth-order valence-corrected chi connectivity index (χ4v) is 4.93. The van der Waals surface area contributed by atoms with Crippen LogP contribution in [0.3, 0.4) is 0 Å². The van der Waals surface area contributed by atoms with Crippen LogP contribution >= 0.6 is 47.0 Å². The molecule has 0 aromatic rings. The number of carboxylic acids is 2. The Labute approximate surface area is 400 Å². The summed E-state index contributed by atoms with van der Waals surface area (Å²) >= 11 is 6.59. The van der Waals surface area contributed by atoms with Gasteiger partial charge in [0.1, 0.15) is 11.6 Å². The Hall–Kier alpha value is 0.00779. The molecular weight excluding hydrogens is 966 g/mol. The number of ether oxygens (including phenoxy) is 2. The first kappa shape index (κ1) is 73.5. The van der Waals surface area contributed by atoms with Gasteiger partial charge in [0.15, 0.2) is 0 Å². The second-order valence-corrected chi connectivity index (χ2v) is 14.0. The molecule has 2 radical (unpaired) electrons. The minimum absolute atomic E-state index is 0.